The van der Waals surface area contributed by atoms with Gasteiger partial charge in [0, 0.05) is 30.4 Å². The van der Waals surface area contributed by atoms with Gasteiger partial charge in [-0.3, -0.25) is 4.79 Å². The Morgan fingerprint density at radius 3 is 2.72 bits per heavy atom. The highest BCUT2D eigenvalue weighted by Gasteiger charge is 2.23. The Balaban J connectivity index is 1.55. The first-order valence-electron chi connectivity index (χ1n) is 11.9. The molecule has 0 spiro atoms. The molecule has 0 radical (unpaired) electrons. The minimum Gasteiger partial charge on any atom is -0.389 e. The normalized spacial score (nSPS) is 11.9. The molecular formula is C26H31N5O3S2. The summed E-state index contributed by atoms with van der Waals surface area (Å²) < 4.78 is 7.65. The van der Waals surface area contributed by atoms with Crippen molar-refractivity contribution in [2.45, 2.75) is 57.4 Å². The van der Waals surface area contributed by atoms with Gasteiger partial charge in [-0.25, -0.2) is 15.0 Å². The molecule has 4 rings (SSSR count). The largest absolute Gasteiger partial charge is 0.389 e. The zero-order valence-corrected chi connectivity index (χ0v) is 22.4. The van der Waals surface area contributed by atoms with Crippen molar-refractivity contribution in [3.8, 4) is 0 Å². The molecule has 1 aromatic carbocycles. The molecule has 0 aliphatic rings. The lowest BCUT2D eigenvalue weighted by atomic mass is 10.1. The molecule has 1 amide bonds. The number of aliphatic hydroxyl groups is 1. The second-order valence-corrected chi connectivity index (χ2v) is 11.4. The molecule has 0 unspecified atom stereocenters. The third-order valence-corrected chi connectivity index (χ3v) is 7.67. The van der Waals surface area contributed by atoms with Crippen LogP contribution in [0.3, 0.4) is 0 Å². The van der Waals surface area contributed by atoms with E-state index in [2.05, 4.69) is 10.3 Å². The minimum atomic E-state index is -0.965. The van der Waals surface area contributed by atoms with Gasteiger partial charge in [0.1, 0.15) is 23.0 Å². The minimum absolute atomic E-state index is 0.106. The van der Waals surface area contributed by atoms with Crippen LogP contribution in [0.15, 0.2) is 53.7 Å². The number of aromatic nitrogens is 4. The van der Waals surface area contributed by atoms with Crippen LogP contribution in [0.25, 0.3) is 21.9 Å². The standard InChI is InChI=1S/C26H31N5O3S2/c1-4-34-16-20-29-23-24(31(20)17-26(2,3)33)18-10-5-6-11-19(18)28-25(23)30-21(32)12-9-15-35-36-22-13-7-8-14-27-22/h5-8,10-11,13-14,33H,4,9,12,15-17H2,1-3H3,(H,28,30,32). The number of nitrogens with zero attached hydrogens (tertiary/aromatic N) is 4. The van der Waals surface area contributed by atoms with Gasteiger partial charge in [-0.1, -0.05) is 35.1 Å². The Morgan fingerprint density at radius 2 is 1.97 bits per heavy atom. The van der Waals surface area contributed by atoms with E-state index in [4.69, 9.17) is 14.7 Å². The van der Waals surface area contributed by atoms with E-state index in [0.717, 1.165) is 33.6 Å². The highest BCUT2D eigenvalue weighted by atomic mass is 33.1. The summed E-state index contributed by atoms with van der Waals surface area (Å²) in [5.74, 6) is 1.83. The summed E-state index contributed by atoms with van der Waals surface area (Å²) in [5, 5.41) is 15.5. The number of carbonyl (C=O) groups is 1. The van der Waals surface area contributed by atoms with Gasteiger partial charge in [-0.15, -0.1) is 0 Å². The van der Waals surface area contributed by atoms with Crippen LogP contribution in [0.4, 0.5) is 5.82 Å². The third kappa shape index (κ3) is 6.76. The van der Waals surface area contributed by atoms with E-state index < -0.39 is 5.60 Å². The molecule has 2 N–H and O–H groups in total. The van der Waals surface area contributed by atoms with Crippen molar-refractivity contribution in [2.75, 3.05) is 17.7 Å². The number of para-hydroxylation sites is 1. The fraction of sp³-hybridized carbons (Fsp3) is 0.385. The summed E-state index contributed by atoms with van der Waals surface area (Å²) in [7, 11) is 3.29. The van der Waals surface area contributed by atoms with E-state index in [9.17, 15) is 9.90 Å². The van der Waals surface area contributed by atoms with Crippen molar-refractivity contribution in [3.05, 3.63) is 54.5 Å². The number of hydrogen-bond acceptors (Lipinski definition) is 8. The van der Waals surface area contributed by atoms with E-state index in [-0.39, 0.29) is 5.91 Å². The van der Waals surface area contributed by atoms with Crippen LogP contribution in [0.1, 0.15) is 39.4 Å². The lowest BCUT2D eigenvalue weighted by molar-refractivity contribution is -0.116. The van der Waals surface area contributed by atoms with Gasteiger partial charge < -0.3 is 19.7 Å². The Hall–Kier alpha value is -2.66. The van der Waals surface area contributed by atoms with Crippen LogP contribution in [0.5, 0.6) is 0 Å². The SMILES string of the molecule is CCOCc1nc2c(NC(=O)CCCSSc3ccccn3)nc3ccccc3c2n1CC(C)(C)O. The Morgan fingerprint density at radius 1 is 1.17 bits per heavy atom. The monoisotopic (exact) mass is 525 g/mol. The number of carbonyl (C=O) groups excluding carboxylic acids is 1. The molecule has 36 heavy (non-hydrogen) atoms. The number of benzene rings is 1. The van der Waals surface area contributed by atoms with Crippen LogP contribution >= 0.6 is 21.6 Å². The van der Waals surface area contributed by atoms with Crippen LogP contribution in [-0.4, -0.2) is 48.5 Å². The quantitative estimate of drug-likeness (QED) is 0.186. The number of imidazole rings is 1. The number of anilines is 1. The fourth-order valence-corrected chi connectivity index (χ4v) is 5.78. The molecular weight excluding hydrogens is 494 g/mol. The zero-order chi connectivity index (χ0) is 25.5. The Kier molecular flexibility index (Phi) is 8.84. The molecule has 3 heterocycles. The van der Waals surface area contributed by atoms with Gasteiger partial charge in [0.25, 0.3) is 0 Å². The van der Waals surface area contributed by atoms with Crippen molar-refractivity contribution in [2.24, 2.45) is 0 Å². The van der Waals surface area contributed by atoms with Gasteiger partial charge in [0.15, 0.2) is 5.82 Å². The highest BCUT2D eigenvalue weighted by Crippen LogP contribution is 2.32. The van der Waals surface area contributed by atoms with Crippen LogP contribution in [0.2, 0.25) is 0 Å². The first kappa shape index (κ1) is 26.4. The first-order chi connectivity index (χ1) is 17.4. The van der Waals surface area contributed by atoms with Crippen molar-refractivity contribution in [3.63, 3.8) is 0 Å². The molecule has 0 aliphatic carbocycles. The second kappa shape index (κ2) is 12.1. The average molecular weight is 526 g/mol. The van der Waals surface area contributed by atoms with Crippen molar-refractivity contribution in [1.82, 2.24) is 19.5 Å². The van der Waals surface area contributed by atoms with E-state index in [1.807, 2.05) is 54.0 Å². The number of hydrogen-bond donors (Lipinski definition) is 2. The molecule has 190 valence electrons. The van der Waals surface area contributed by atoms with Gasteiger partial charge in [0.2, 0.25) is 5.91 Å². The van der Waals surface area contributed by atoms with Crippen LogP contribution < -0.4 is 5.32 Å². The van der Waals surface area contributed by atoms with Crippen LogP contribution in [0, 0.1) is 0 Å². The number of amides is 1. The number of rotatable bonds is 12. The maximum Gasteiger partial charge on any atom is 0.225 e. The van der Waals surface area contributed by atoms with Gasteiger partial charge in [-0.2, -0.15) is 0 Å². The van der Waals surface area contributed by atoms with Crippen molar-refractivity contribution >= 4 is 55.2 Å². The lowest BCUT2D eigenvalue weighted by Gasteiger charge is -2.20. The maximum atomic E-state index is 12.8. The van der Waals surface area contributed by atoms with E-state index in [0.29, 0.717) is 43.3 Å². The second-order valence-electron chi connectivity index (χ2n) is 8.96. The molecule has 3 aromatic heterocycles. The van der Waals surface area contributed by atoms with E-state index in [1.165, 1.54) is 0 Å². The fourth-order valence-electron chi connectivity index (χ4n) is 3.81. The molecule has 0 saturated heterocycles. The average Bonchev–Trinajstić information content (AvgIpc) is 3.20. The summed E-state index contributed by atoms with van der Waals surface area (Å²) in [5.41, 5.74) is 1.21. The molecule has 10 heteroatoms. The highest BCUT2D eigenvalue weighted by molar-refractivity contribution is 8.76. The predicted molar refractivity (Wildman–Crippen MR) is 147 cm³/mol. The summed E-state index contributed by atoms with van der Waals surface area (Å²) in [6.45, 7) is 6.63. The first-order valence-corrected chi connectivity index (χ1v) is 14.3. The topological polar surface area (TPSA) is 102 Å². The lowest BCUT2D eigenvalue weighted by Crippen LogP contribution is -2.27. The Bertz CT molecular complexity index is 1320. The summed E-state index contributed by atoms with van der Waals surface area (Å²) >= 11 is 0. The molecule has 0 fully saturated rings. The summed E-state index contributed by atoms with van der Waals surface area (Å²) in [4.78, 5) is 26.7. The molecule has 0 saturated carbocycles. The van der Waals surface area contributed by atoms with E-state index >= 15 is 0 Å². The molecule has 0 aliphatic heterocycles. The third-order valence-electron chi connectivity index (χ3n) is 5.31. The molecule has 0 bridgehead atoms. The van der Waals surface area contributed by atoms with Gasteiger partial charge >= 0.3 is 0 Å². The van der Waals surface area contributed by atoms with Gasteiger partial charge in [0.05, 0.1) is 23.2 Å². The molecule has 8 nitrogen and oxygen atoms in total. The molecule has 4 aromatic rings. The molecule has 0 atom stereocenters. The number of nitrogens with one attached hydrogen (secondary N) is 1. The van der Waals surface area contributed by atoms with Crippen molar-refractivity contribution in [1.29, 1.82) is 0 Å². The summed E-state index contributed by atoms with van der Waals surface area (Å²) in [6, 6.07) is 13.6. The summed E-state index contributed by atoms with van der Waals surface area (Å²) in [6.07, 6.45) is 2.88. The number of ether oxygens (including phenoxy) is 1. The number of fused-ring (bicyclic) bond motifs is 3. The predicted octanol–water partition coefficient (Wildman–Crippen LogP) is 5.45. The smallest absolute Gasteiger partial charge is 0.225 e. The maximum absolute atomic E-state index is 12.8. The zero-order valence-electron chi connectivity index (χ0n) is 20.7. The van der Waals surface area contributed by atoms with Crippen molar-refractivity contribution < 1.29 is 14.6 Å². The van der Waals surface area contributed by atoms with Crippen LogP contribution in [-0.2, 0) is 22.7 Å². The number of pyridine rings is 2. The Labute approximate surface area is 218 Å². The van der Waals surface area contributed by atoms with E-state index in [1.54, 1.807) is 41.6 Å². The van der Waals surface area contributed by atoms with Gasteiger partial charge in [-0.05, 0) is 56.2 Å².